The van der Waals surface area contributed by atoms with Crippen molar-refractivity contribution in [1.29, 1.82) is 0 Å². The second-order valence-corrected chi connectivity index (χ2v) is 13.8. The van der Waals surface area contributed by atoms with Gasteiger partial charge in [-0.3, -0.25) is 0 Å². The van der Waals surface area contributed by atoms with Crippen LogP contribution in [0.15, 0.2) is 66.7 Å². The lowest BCUT2D eigenvalue weighted by molar-refractivity contribution is -0.137. The number of esters is 2. The van der Waals surface area contributed by atoms with Crippen LogP contribution in [-0.4, -0.2) is 51.1 Å². The maximum atomic E-state index is 14.8. The van der Waals surface area contributed by atoms with Crippen molar-refractivity contribution in [2.45, 2.75) is 104 Å². The van der Waals surface area contributed by atoms with Crippen LogP contribution in [0.25, 0.3) is 11.1 Å². The second kappa shape index (κ2) is 20.8. The Hall–Kier alpha value is -3.75. The molecule has 1 fully saturated rings. The van der Waals surface area contributed by atoms with Crippen LogP contribution in [0.2, 0.25) is 0 Å². The first-order valence-corrected chi connectivity index (χ1v) is 18.5. The Morgan fingerprint density at radius 3 is 1.86 bits per heavy atom. The van der Waals surface area contributed by atoms with Crippen molar-refractivity contribution in [2.24, 2.45) is 5.41 Å². The van der Waals surface area contributed by atoms with Crippen LogP contribution in [0.3, 0.4) is 0 Å². The van der Waals surface area contributed by atoms with Crippen LogP contribution in [0.5, 0.6) is 11.5 Å². The minimum atomic E-state index is -0.793. The molecule has 0 amide bonds. The van der Waals surface area contributed by atoms with Crippen molar-refractivity contribution >= 4 is 11.9 Å². The molecule has 0 bridgehead atoms. The molecule has 272 valence electrons. The molecule has 50 heavy (non-hydrogen) atoms. The van der Waals surface area contributed by atoms with E-state index in [4.69, 9.17) is 23.7 Å². The van der Waals surface area contributed by atoms with Crippen molar-refractivity contribution in [2.75, 3.05) is 33.0 Å². The monoisotopic (exact) mass is 690 g/mol. The van der Waals surface area contributed by atoms with Crippen molar-refractivity contribution < 1.29 is 37.7 Å². The Morgan fingerprint density at radius 2 is 1.30 bits per heavy atom. The quantitative estimate of drug-likeness (QED) is 0.0556. The smallest absolute Gasteiger partial charge is 0.343 e. The SMILES string of the molecule is CCCC(CCC)OC(=O)c1ccc(OC(=O)c2ccc(-c3ccc(OCCCCCCCCCCOCC4(C)COC4)cc3)cc2)cc1F. The number of benzene rings is 3. The topological polar surface area (TPSA) is 80.3 Å². The summed E-state index contributed by atoms with van der Waals surface area (Å²) < 4.78 is 42.7. The van der Waals surface area contributed by atoms with E-state index >= 15 is 0 Å². The normalized spacial score (nSPS) is 13.5. The number of ether oxygens (including phenoxy) is 5. The molecular weight excluding hydrogens is 635 g/mol. The average molecular weight is 691 g/mol. The molecule has 0 aromatic heterocycles. The summed E-state index contributed by atoms with van der Waals surface area (Å²) in [6, 6.07) is 18.7. The molecular formula is C42H55FO7. The molecule has 7 nitrogen and oxygen atoms in total. The third-order valence-corrected chi connectivity index (χ3v) is 8.98. The van der Waals surface area contributed by atoms with E-state index in [2.05, 4.69) is 6.92 Å². The highest BCUT2D eigenvalue weighted by atomic mass is 19.1. The van der Waals surface area contributed by atoms with Gasteiger partial charge in [-0.2, -0.15) is 0 Å². The average Bonchev–Trinajstić information content (AvgIpc) is 3.10. The van der Waals surface area contributed by atoms with Gasteiger partial charge in [-0.1, -0.05) is 96.4 Å². The maximum absolute atomic E-state index is 14.8. The Balaban J connectivity index is 1.10. The van der Waals surface area contributed by atoms with E-state index in [0.717, 1.165) is 87.9 Å². The molecule has 8 heteroatoms. The molecule has 1 aliphatic heterocycles. The lowest BCUT2D eigenvalue weighted by Crippen LogP contribution is -2.43. The fourth-order valence-electron chi connectivity index (χ4n) is 5.96. The molecule has 3 aromatic rings. The fraction of sp³-hybridized carbons (Fsp3) is 0.524. The zero-order valence-electron chi connectivity index (χ0n) is 30.2. The van der Waals surface area contributed by atoms with E-state index < -0.39 is 17.8 Å². The van der Waals surface area contributed by atoms with Gasteiger partial charge in [-0.25, -0.2) is 14.0 Å². The van der Waals surface area contributed by atoms with Gasteiger partial charge < -0.3 is 23.7 Å². The summed E-state index contributed by atoms with van der Waals surface area (Å²) in [4.78, 5) is 25.3. The number of rotatable bonds is 23. The third-order valence-electron chi connectivity index (χ3n) is 8.98. The lowest BCUT2D eigenvalue weighted by Gasteiger charge is -2.37. The summed E-state index contributed by atoms with van der Waals surface area (Å²) in [5, 5.41) is 0. The number of halogens is 1. The van der Waals surface area contributed by atoms with E-state index in [-0.39, 0.29) is 22.8 Å². The summed E-state index contributed by atoms with van der Waals surface area (Å²) in [5.74, 6) is -1.27. The van der Waals surface area contributed by atoms with Gasteiger partial charge in [0.15, 0.2) is 0 Å². The molecule has 1 aliphatic rings. The van der Waals surface area contributed by atoms with Crippen molar-refractivity contribution in [1.82, 2.24) is 0 Å². The molecule has 4 rings (SSSR count). The third kappa shape index (κ3) is 12.9. The van der Waals surface area contributed by atoms with E-state index in [1.54, 1.807) is 12.1 Å². The van der Waals surface area contributed by atoms with E-state index in [0.29, 0.717) is 12.2 Å². The molecule has 0 atom stereocenters. The van der Waals surface area contributed by atoms with Crippen LogP contribution in [0.4, 0.5) is 4.39 Å². The molecule has 0 unspecified atom stereocenters. The van der Waals surface area contributed by atoms with Gasteiger partial charge in [0.25, 0.3) is 0 Å². The summed E-state index contributed by atoms with van der Waals surface area (Å²) in [6.07, 6.45) is 12.6. The zero-order valence-corrected chi connectivity index (χ0v) is 30.2. The molecule has 1 heterocycles. The van der Waals surface area contributed by atoms with Crippen LogP contribution in [-0.2, 0) is 14.2 Å². The van der Waals surface area contributed by atoms with Crippen molar-refractivity contribution in [3.8, 4) is 22.6 Å². The molecule has 0 radical (unpaired) electrons. The number of carbonyl (C=O) groups is 2. The van der Waals surface area contributed by atoms with Crippen LogP contribution in [0, 0.1) is 11.2 Å². The van der Waals surface area contributed by atoms with E-state index in [9.17, 15) is 14.0 Å². The maximum Gasteiger partial charge on any atom is 0.343 e. The number of unbranched alkanes of at least 4 members (excludes halogenated alkanes) is 7. The van der Waals surface area contributed by atoms with Gasteiger partial charge in [-0.15, -0.1) is 0 Å². The number of carbonyl (C=O) groups excluding carboxylic acids is 2. The standard InChI is InChI=1S/C42H55FO7/c1-4-14-36(15-5-2)49-41(45)38-25-24-37(28-39(38)43)50-40(44)34-18-16-32(17-19-34)33-20-22-35(23-21-33)48-27-13-11-9-7-6-8-10-12-26-46-29-42(3)30-47-31-42/h16-25,28,36H,4-15,26-27,29-31H2,1-3H3. The van der Waals surface area contributed by atoms with Crippen LogP contribution in [0.1, 0.15) is 119 Å². The molecule has 0 spiro atoms. The first-order valence-electron chi connectivity index (χ1n) is 18.5. The minimum Gasteiger partial charge on any atom is -0.494 e. The molecule has 3 aromatic carbocycles. The van der Waals surface area contributed by atoms with Crippen LogP contribution < -0.4 is 9.47 Å². The lowest BCUT2D eigenvalue weighted by atomic mass is 9.90. The van der Waals surface area contributed by atoms with Crippen molar-refractivity contribution in [3.63, 3.8) is 0 Å². The summed E-state index contributed by atoms with van der Waals surface area (Å²) in [7, 11) is 0. The molecule has 0 aliphatic carbocycles. The molecule has 0 saturated carbocycles. The number of hydrogen-bond acceptors (Lipinski definition) is 7. The van der Waals surface area contributed by atoms with E-state index in [1.807, 2.05) is 50.2 Å². The van der Waals surface area contributed by atoms with Gasteiger partial charge in [-0.05, 0) is 73.2 Å². The Kier molecular flexibility index (Phi) is 16.2. The Labute approximate surface area is 297 Å². The van der Waals surface area contributed by atoms with E-state index in [1.165, 1.54) is 50.7 Å². The number of hydrogen-bond donors (Lipinski definition) is 0. The Bertz CT molecular complexity index is 1440. The summed E-state index contributed by atoms with van der Waals surface area (Å²) in [6.45, 7) is 10.3. The van der Waals surface area contributed by atoms with Gasteiger partial charge >= 0.3 is 11.9 Å². The summed E-state index contributed by atoms with van der Waals surface area (Å²) in [5.41, 5.74) is 2.34. The zero-order chi connectivity index (χ0) is 35.6. The second-order valence-electron chi connectivity index (χ2n) is 13.8. The Morgan fingerprint density at radius 1 is 0.740 bits per heavy atom. The van der Waals surface area contributed by atoms with Crippen molar-refractivity contribution in [3.05, 3.63) is 83.7 Å². The summed E-state index contributed by atoms with van der Waals surface area (Å²) >= 11 is 0. The first-order chi connectivity index (χ1) is 24.3. The predicted molar refractivity (Wildman–Crippen MR) is 194 cm³/mol. The highest BCUT2D eigenvalue weighted by Gasteiger charge is 2.33. The fourth-order valence-corrected chi connectivity index (χ4v) is 5.96. The van der Waals surface area contributed by atoms with Gasteiger partial charge in [0.1, 0.15) is 23.4 Å². The minimum absolute atomic E-state index is 0.0139. The molecule has 1 saturated heterocycles. The van der Waals surface area contributed by atoms with Gasteiger partial charge in [0, 0.05) is 18.1 Å². The highest BCUT2D eigenvalue weighted by molar-refractivity contribution is 5.92. The largest absolute Gasteiger partial charge is 0.494 e. The van der Waals surface area contributed by atoms with Gasteiger partial charge in [0.2, 0.25) is 0 Å². The first kappa shape index (κ1) is 39.0. The van der Waals surface area contributed by atoms with Gasteiger partial charge in [0.05, 0.1) is 37.6 Å². The highest BCUT2D eigenvalue weighted by Crippen LogP contribution is 2.27. The predicted octanol–water partition coefficient (Wildman–Crippen LogP) is 10.4. The van der Waals surface area contributed by atoms with Crippen LogP contribution >= 0.6 is 0 Å². The molecule has 0 N–H and O–H groups in total.